The minimum atomic E-state index is -0.406. The fraction of sp³-hybridized carbons (Fsp3) is 0.333. The van der Waals surface area contributed by atoms with E-state index in [-0.39, 0.29) is 18.3 Å². The maximum Gasteiger partial charge on any atom is 0.338 e. The second-order valence-electron chi connectivity index (χ2n) is 7.57. The lowest BCUT2D eigenvalue weighted by atomic mass is 10.1. The fourth-order valence-corrected chi connectivity index (χ4v) is 3.76. The first-order valence-corrected chi connectivity index (χ1v) is 11.6. The number of ether oxygens (including phenoxy) is 2. The van der Waals surface area contributed by atoms with Crippen molar-refractivity contribution >= 4 is 29.3 Å². The van der Waals surface area contributed by atoms with Crippen molar-refractivity contribution < 1.29 is 19.1 Å². The second kappa shape index (κ2) is 11.5. The molecule has 3 aromatic rings. The molecule has 33 heavy (non-hydrogen) atoms. The van der Waals surface area contributed by atoms with E-state index in [1.165, 1.54) is 17.3 Å². The highest BCUT2D eigenvalue weighted by Gasteiger charge is 2.14. The average molecular weight is 469 g/mol. The number of aryl methyl sites for hydroxylation is 2. The van der Waals surface area contributed by atoms with Gasteiger partial charge < -0.3 is 19.4 Å². The van der Waals surface area contributed by atoms with Gasteiger partial charge in [0.15, 0.2) is 11.0 Å². The molecule has 0 bridgehead atoms. The molecule has 174 valence electrons. The summed E-state index contributed by atoms with van der Waals surface area (Å²) in [4.78, 5) is 24.4. The Morgan fingerprint density at radius 3 is 2.70 bits per heavy atom. The van der Waals surface area contributed by atoms with Gasteiger partial charge in [0.25, 0.3) is 0 Å². The molecule has 0 radical (unpaired) electrons. The van der Waals surface area contributed by atoms with E-state index in [2.05, 4.69) is 21.6 Å². The van der Waals surface area contributed by atoms with Gasteiger partial charge in [-0.1, -0.05) is 42.4 Å². The summed E-state index contributed by atoms with van der Waals surface area (Å²) in [6.45, 7) is 6.61. The summed E-state index contributed by atoms with van der Waals surface area (Å²) >= 11 is 1.27. The van der Waals surface area contributed by atoms with Gasteiger partial charge in [0.1, 0.15) is 12.4 Å². The number of benzene rings is 2. The molecule has 8 nitrogen and oxygen atoms in total. The molecule has 2 aromatic carbocycles. The van der Waals surface area contributed by atoms with E-state index in [9.17, 15) is 9.59 Å². The molecule has 0 saturated heterocycles. The number of hydrogen-bond acceptors (Lipinski definition) is 7. The topological polar surface area (TPSA) is 95.3 Å². The van der Waals surface area contributed by atoms with Gasteiger partial charge in [0.05, 0.1) is 17.9 Å². The van der Waals surface area contributed by atoms with Crippen molar-refractivity contribution in [3.05, 3.63) is 65.0 Å². The lowest BCUT2D eigenvalue weighted by molar-refractivity contribution is -0.113. The van der Waals surface area contributed by atoms with Crippen molar-refractivity contribution in [2.24, 2.45) is 7.05 Å². The van der Waals surface area contributed by atoms with Gasteiger partial charge in [-0.15, -0.1) is 10.2 Å². The molecule has 9 heteroatoms. The number of carbonyl (C=O) groups excluding carboxylic acids is 2. The van der Waals surface area contributed by atoms with Crippen LogP contribution in [0, 0.1) is 13.8 Å². The molecule has 0 aliphatic rings. The molecule has 1 N–H and O–H groups in total. The third-order valence-corrected chi connectivity index (χ3v) is 5.78. The average Bonchev–Trinajstić information content (AvgIpc) is 3.15. The fourth-order valence-electron chi connectivity index (χ4n) is 3.03. The highest BCUT2D eigenvalue weighted by Crippen LogP contribution is 2.21. The molecular formula is C24H28N4O4S. The van der Waals surface area contributed by atoms with Crippen LogP contribution in [0.1, 0.15) is 40.7 Å². The van der Waals surface area contributed by atoms with E-state index in [1.807, 2.05) is 44.5 Å². The van der Waals surface area contributed by atoms with Crippen molar-refractivity contribution in [2.45, 2.75) is 39.0 Å². The smallest absolute Gasteiger partial charge is 0.338 e. The first-order chi connectivity index (χ1) is 15.9. The summed E-state index contributed by atoms with van der Waals surface area (Å²) in [5.41, 5.74) is 3.17. The second-order valence-corrected chi connectivity index (χ2v) is 8.51. The molecular weight excluding hydrogens is 440 g/mol. The first kappa shape index (κ1) is 24.3. The summed E-state index contributed by atoms with van der Waals surface area (Å²) in [6.07, 6.45) is 0.751. The highest BCUT2D eigenvalue weighted by atomic mass is 32.2. The SMILES string of the molecule is CCCOC(=O)c1cccc(NC(=O)CSc2nnc(COc3ccc(C)cc3C)n2C)c1. The van der Waals surface area contributed by atoms with Gasteiger partial charge in [-0.25, -0.2) is 4.79 Å². The van der Waals surface area contributed by atoms with E-state index in [0.717, 1.165) is 17.7 Å². The van der Waals surface area contributed by atoms with Gasteiger partial charge >= 0.3 is 5.97 Å². The van der Waals surface area contributed by atoms with Crippen molar-refractivity contribution in [2.75, 3.05) is 17.7 Å². The molecule has 0 fully saturated rings. The molecule has 1 heterocycles. The number of anilines is 1. The lowest BCUT2D eigenvalue weighted by Gasteiger charge is -2.10. The quantitative estimate of drug-likeness (QED) is 0.350. The summed E-state index contributed by atoms with van der Waals surface area (Å²) in [7, 11) is 1.84. The summed E-state index contributed by atoms with van der Waals surface area (Å²) in [5, 5.41) is 11.8. The van der Waals surface area contributed by atoms with Crippen LogP contribution in [-0.4, -0.2) is 39.0 Å². The number of hydrogen-bond donors (Lipinski definition) is 1. The van der Waals surface area contributed by atoms with Crippen LogP contribution in [-0.2, 0) is 23.2 Å². The van der Waals surface area contributed by atoms with Crippen LogP contribution in [0.4, 0.5) is 5.69 Å². The number of nitrogens with zero attached hydrogens (tertiary/aromatic N) is 3. The molecule has 0 spiro atoms. The van der Waals surface area contributed by atoms with E-state index < -0.39 is 5.97 Å². The zero-order valence-corrected chi connectivity index (χ0v) is 20.1. The zero-order valence-electron chi connectivity index (χ0n) is 19.3. The Hall–Kier alpha value is -3.33. The highest BCUT2D eigenvalue weighted by molar-refractivity contribution is 7.99. The van der Waals surface area contributed by atoms with Crippen LogP contribution in [0.2, 0.25) is 0 Å². The van der Waals surface area contributed by atoms with Crippen LogP contribution in [0.5, 0.6) is 5.75 Å². The molecule has 1 aromatic heterocycles. The molecule has 1 amide bonds. The van der Waals surface area contributed by atoms with Gasteiger partial charge in [-0.05, 0) is 50.1 Å². The maximum atomic E-state index is 12.4. The Bertz CT molecular complexity index is 1130. The number of carbonyl (C=O) groups is 2. The predicted octanol–water partition coefficient (Wildman–Crippen LogP) is 4.31. The molecule has 0 aliphatic heterocycles. The van der Waals surface area contributed by atoms with Crippen LogP contribution >= 0.6 is 11.8 Å². The number of thioether (sulfide) groups is 1. The van der Waals surface area contributed by atoms with Gasteiger partial charge in [0, 0.05) is 12.7 Å². The van der Waals surface area contributed by atoms with Gasteiger partial charge in [0.2, 0.25) is 5.91 Å². The minimum absolute atomic E-state index is 0.147. The van der Waals surface area contributed by atoms with E-state index in [0.29, 0.717) is 28.8 Å². The largest absolute Gasteiger partial charge is 0.485 e. The normalized spacial score (nSPS) is 10.7. The minimum Gasteiger partial charge on any atom is -0.485 e. The number of amides is 1. The number of rotatable bonds is 10. The molecule has 0 unspecified atom stereocenters. The third kappa shape index (κ3) is 6.82. The Labute approximate surface area is 197 Å². The predicted molar refractivity (Wildman–Crippen MR) is 128 cm³/mol. The first-order valence-electron chi connectivity index (χ1n) is 10.7. The van der Waals surface area contributed by atoms with Crippen molar-refractivity contribution in [1.82, 2.24) is 14.8 Å². The van der Waals surface area contributed by atoms with Gasteiger partial charge in [-0.3, -0.25) is 4.79 Å². The van der Waals surface area contributed by atoms with Crippen molar-refractivity contribution in [1.29, 1.82) is 0 Å². The summed E-state index contributed by atoms with van der Waals surface area (Å²) in [5.74, 6) is 0.996. The number of nitrogens with one attached hydrogen (secondary N) is 1. The van der Waals surface area contributed by atoms with Gasteiger partial charge in [-0.2, -0.15) is 0 Å². The van der Waals surface area contributed by atoms with Crippen LogP contribution in [0.3, 0.4) is 0 Å². The third-order valence-electron chi connectivity index (χ3n) is 4.76. The van der Waals surface area contributed by atoms with E-state index in [1.54, 1.807) is 24.3 Å². The molecule has 3 rings (SSSR count). The van der Waals surface area contributed by atoms with Crippen LogP contribution in [0.15, 0.2) is 47.6 Å². The number of esters is 1. The molecule has 0 aliphatic carbocycles. The zero-order chi connectivity index (χ0) is 23.8. The van der Waals surface area contributed by atoms with Crippen LogP contribution in [0.25, 0.3) is 0 Å². The summed E-state index contributed by atoms with van der Waals surface area (Å²) < 4.78 is 12.8. The Morgan fingerprint density at radius 2 is 1.94 bits per heavy atom. The summed E-state index contributed by atoms with van der Waals surface area (Å²) in [6, 6.07) is 12.7. The standard InChI is InChI=1S/C24H28N4O4S/c1-5-11-31-23(30)18-7-6-8-19(13-18)25-22(29)15-33-24-27-26-21(28(24)4)14-32-20-10-9-16(2)12-17(20)3/h6-10,12-13H,5,11,14-15H2,1-4H3,(H,25,29). The lowest BCUT2D eigenvalue weighted by Crippen LogP contribution is -2.15. The molecule has 0 saturated carbocycles. The monoisotopic (exact) mass is 468 g/mol. The van der Waals surface area contributed by atoms with Crippen LogP contribution < -0.4 is 10.1 Å². The van der Waals surface area contributed by atoms with E-state index >= 15 is 0 Å². The van der Waals surface area contributed by atoms with Crippen molar-refractivity contribution in [3.63, 3.8) is 0 Å². The van der Waals surface area contributed by atoms with E-state index in [4.69, 9.17) is 9.47 Å². The number of aromatic nitrogens is 3. The molecule has 0 atom stereocenters. The Balaban J connectivity index is 1.52. The Morgan fingerprint density at radius 1 is 1.12 bits per heavy atom. The maximum absolute atomic E-state index is 12.4. The Kier molecular flexibility index (Phi) is 8.48. The van der Waals surface area contributed by atoms with Crippen molar-refractivity contribution in [3.8, 4) is 5.75 Å².